The fourth-order valence-corrected chi connectivity index (χ4v) is 3.66. The number of rotatable bonds is 4. The van der Waals surface area contributed by atoms with E-state index in [1.54, 1.807) is 0 Å². The number of nitrogens with one attached hydrogen (secondary N) is 1. The summed E-state index contributed by atoms with van der Waals surface area (Å²) in [6.07, 6.45) is 1.23. The predicted molar refractivity (Wildman–Crippen MR) is 76.9 cm³/mol. The zero-order valence-electron chi connectivity index (χ0n) is 11.4. The second kappa shape index (κ2) is 6.41. The van der Waals surface area contributed by atoms with Crippen molar-refractivity contribution in [3.8, 4) is 0 Å². The fraction of sp³-hybridized carbons (Fsp3) is 1.00. The molecule has 4 heteroatoms. The molecule has 1 atom stereocenters. The number of nitrogens with zero attached hydrogens (tertiary/aromatic N) is 2. The van der Waals surface area contributed by atoms with E-state index in [0.717, 1.165) is 6.54 Å². The van der Waals surface area contributed by atoms with Gasteiger partial charge in [0, 0.05) is 62.9 Å². The van der Waals surface area contributed by atoms with Gasteiger partial charge in [-0.2, -0.15) is 11.8 Å². The molecule has 3 nitrogen and oxygen atoms in total. The minimum absolute atomic E-state index is 0.343. The van der Waals surface area contributed by atoms with Gasteiger partial charge in [0.1, 0.15) is 0 Å². The Hall–Kier alpha value is 0.230. The Bertz CT molecular complexity index is 231. The van der Waals surface area contributed by atoms with Gasteiger partial charge in [0.25, 0.3) is 0 Å². The topological polar surface area (TPSA) is 18.5 Å². The van der Waals surface area contributed by atoms with E-state index >= 15 is 0 Å². The van der Waals surface area contributed by atoms with E-state index in [0.29, 0.717) is 5.54 Å². The van der Waals surface area contributed by atoms with Crippen LogP contribution < -0.4 is 5.32 Å². The summed E-state index contributed by atoms with van der Waals surface area (Å²) in [7, 11) is 0. The largest absolute Gasteiger partial charge is 0.309 e. The van der Waals surface area contributed by atoms with Crippen LogP contribution in [0.3, 0.4) is 0 Å². The average molecular weight is 257 g/mol. The molecule has 1 N–H and O–H groups in total. The summed E-state index contributed by atoms with van der Waals surface area (Å²) >= 11 is 2.10. The first-order chi connectivity index (χ1) is 8.22. The lowest BCUT2D eigenvalue weighted by Gasteiger charge is -2.42. The van der Waals surface area contributed by atoms with Crippen LogP contribution in [-0.2, 0) is 0 Å². The second-order valence-electron chi connectivity index (χ2n) is 5.57. The van der Waals surface area contributed by atoms with Crippen LogP contribution in [0, 0.1) is 0 Å². The molecule has 0 amide bonds. The summed E-state index contributed by atoms with van der Waals surface area (Å²) in [6.45, 7) is 13.3. The van der Waals surface area contributed by atoms with Crippen LogP contribution in [-0.4, -0.2) is 72.7 Å². The molecule has 0 aliphatic carbocycles. The summed E-state index contributed by atoms with van der Waals surface area (Å²) in [5.41, 5.74) is 0.343. The van der Waals surface area contributed by atoms with E-state index in [1.807, 2.05) is 0 Å². The Labute approximate surface area is 110 Å². The minimum Gasteiger partial charge on any atom is -0.309 e. The molecule has 1 unspecified atom stereocenters. The molecule has 0 saturated carbocycles. The molecule has 2 saturated heterocycles. The summed E-state index contributed by atoms with van der Waals surface area (Å²) in [5, 5.41) is 3.65. The molecule has 0 aromatic heterocycles. The lowest BCUT2D eigenvalue weighted by molar-refractivity contribution is 0.125. The lowest BCUT2D eigenvalue weighted by Crippen LogP contribution is -2.59. The monoisotopic (exact) mass is 257 g/mol. The van der Waals surface area contributed by atoms with Crippen LogP contribution in [0.1, 0.15) is 20.3 Å². The molecular formula is C13H27N3S. The van der Waals surface area contributed by atoms with Crippen molar-refractivity contribution in [3.63, 3.8) is 0 Å². The zero-order valence-corrected chi connectivity index (χ0v) is 12.2. The van der Waals surface area contributed by atoms with Crippen LogP contribution in [0.15, 0.2) is 0 Å². The highest BCUT2D eigenvalue weighted by Gasteiger charge is 2.28. The van der Waals surface area contributed by atoms with Crippen molar-refractivity contribution in [2.24, 2.45) is 0 Å². The van der Waals surface area contributed by atoms with Gasteiger partial charge in [0.2, 0.25) is 0 Å². The van der Waals surface area contributed by atoms with Crippen LogP contribution in [0.5, 0.6) is 0 Å². The minimum atomic E-state index is 0.343. The lowest BCUT2D eigenvalue weighted by atomic mass is 9.96. The average Bonchev–Trinajstić information content (AvgIpc) is 2.38. The molecule has 0 radical (unpaired) electrons. The number of hydrogen-bond donors (Lipinski definition) is 1. The van der Waals surface area contributed by atoms with Gasteiger partial charge in [-0.25, -0.2) is 0 Å². The first-order valence-corrected chi connectivity index (χ1v) is 8.15. The maximum atomic E-state index is 3.65. The molecule has 2 heterocycles. The Morgan fingerprint density at radius 1 is 1.12 bits per heavy atom. The highest BCUT2D eigenvalue weighted by atomic mass is 32.2. The van der Waals surface area contributed by atoms with E-state index in [-0.39, 0.29) is 0 Å². The Balaban J connectivity index is 1.71. The third kappa shape index (κ3) is 4.12. The van der Waals surface area contributed by atoms with Crippen molar-refractivity contribution in [3.05, 3.63) is 0 Å². The maximum Gasteiger partial charge on any atom is 0.0278 e. The molecule has 0 bridgehead atoms. The molecule has 2 rings (SSSR count). The quantitative estimate of drug-likeness (QED) is 0.813. The highest BCUT2D eigenvalue weighted by molar-refractivity contribution is 7.99. The SMILES string of the molecule is CCC1(C)CN(CCN2CCSCC2)CCN1. The molecule has 100 valence electrons. The van der Waals surface area contributed by atoms with Gasteiger partial charge >= 0.3 is 0 Å². The first kappa shape index (κ1) is 13.7. The number of thioether (sulfide) groups is 1. The van der Waals surface area contributed by atoms with Gasteiger partial charge in [-0.15, -0.1) is 0 Å². The summed E-state index contributed by atoms with van der Waals surface area (Å²) < 4.78 is 0. The first-order valence-electron chi connectivity index (χ1n) is 6.99. The molecule has 0 spiro atoms. The predicted octanol–water partition coefficient (Wildman–Crippen LogP) is 1.11. The molecule has 0 aromatic rings. The Morgan fingerprint density at radius 2 is 1.82 bits per heavy atom. The van der Waals surface area contributed by atoms with E-state index in [1.165, 1.54) is 57.2 Å². The van der Waals surface area contributed by atoms with Gasteiger partial charge in [-0.05, 0) is 13.3 Å². The van der Waals surface area contributed by atoms with Crippen LogP contribution in [0.4, 0.5) is 0 Å². The summed E-state index contributed by atoms with van der Waals surface area (Å²) in [4.78, 5) is 5.27. The standard InChI is InChI=1S/C13H27N3S/c1-3-13(2)12-16(5-4-14-13)7-6-15-8-10-17-11-9-15/h14H,3-12H2,1-2H3. The van der Waals surface area contributed by atoms with Crippen LogP contribution in [0.2, 0.25) is 0 Å². The smallest absolute Gasteiger partial charge is 0.0278 e. The van der Waals surface area contributed by atoms with Crippen molar-refractivity contribution in [1.29, 1.82) is 0 Å². The van der Waals surface area contributed by atoms with Gasteiger partial charge in [0.05, 0.1) is 0 Å². The highest BCUT2D eigenvalue weighted by Crippen LogP contribution is 2.15. The van der Waals surface area contributed by atoms with Crippen LogP contribution >= 0.6 is 11.8 Å². The maximum absolute atomic E-state index is 3.65. The van der Waals surface area contributed by atoms with Crippen molar-refractivity contribution < 1.29 is 0 Å². The molecule has 2 fully saturated rings. The van der Waals surface area contributed by atoms with E-state index in [4.69, 9.17) is 0 Å². The van der Waals surface area contributed by atoms with Crippen molar-refractivity contribution >= 4 is 11.8 Å². The molecule has 2 aliphatic heterocycles. The van der Waals surface area contributed by atoms with Crippen LogP contribution in [0.25, 0.3) is 0 Å². The number of piperazine rings is 1. The number of hydrogen-bond acceptors (Lipinski definition) is 4. The van der Waals surface area contributed by atoms with Crippen molar-refractivity contribution in [1.82, 2.24) is 15.1 Å². The molecule has 2 aliphatic rings. The van der Waals surface area contributed by atoms with E-state index in [9.17, 15) is 0 Å². The molecular weight excluding hydrogens is 230 g/mol. The summed E-state index contributed by atoms with van der Waals surface area (Å²) in [6, 6.07) is 0. The summed E-state index contributed by atoms with van der Waals surface area (Å²) in [5.74, 6) is 2.66. The van der Waals surface area contributed by atoms with Gasteiger partial charge in [-0.1, -0.05) is 6.92 Å². The fourth-order valence-electron chi connectivity index (χ4n) is 2.68. The van der Waals surface area contributed by atoms with Gasteiger partial charge < -0.3 is 10.2 Å². The molecule has 17 heavy (non-hydrogen) atoms. The van der Waals surface area contributed by atoms with Crippen molar-refractivity contribution in [2.75, 3.05) is 57.3 Å². The third-order valence-electron chi connectivity index (χ3n) is 4.17. The van der Waals surface area contributed by atoms with E-state index < -0.39 is 0 Å². The third-order valence-corrected chi connectivity index (χ3v) is 5.11. The second-order valence-corrected chi connectivity index (χ2v) is 6.80. The molecule has 0 aromatic carbocycles. The van der Waals surface area contributed by atoms with E-state index in [2.05, 4.69) is 40.7 Å². The Kier molecular flexibility index (Phi) is 5.15. The normalized spacial score (nSPS) is 32.8. The van der Waals surface area contributed by atoms with Gasteiger partial charge in [-0.3, -0.25) is 4.90 Å². The zero-order chi connectivity index (χ0) is 12.1. The van der Waals surface area contributed by atoms with Crippen molar-refractivity contribution in [2.45, 2.75) is 25.8 Å². The Morgan fingerprint density at radius 3 is 2.53 bits per heavy atom. The van der Waals surface area contributed by atoms with Gasteiger partial charge in [0.15, 0.2) is 0 Å².